The van der Waals surface area contributed by atoms with Crippen LogP contribution in [-0.2, 0) is 0 Å². The molecule has 3 nitrogen and oxygen atoms in total. The second-order valence-corrected chi connectivity index (χ2v) is 4.95. The molecule has 0 aromatic heterocycles. The summed E-state index contributed by atoms with van der Waals surface area (Å²) in [5, 5.41) is 3.42. The lowest BCUT2D eigenvalue weighted by molar-refractivity contribution is 0.130. The van der Waals surface area contributed by atoms with Gasteiger partial charge in [-0.15, -0.1) is 0 Å². The molecule has 17 heavy (non-hydrogen) atoms. The number of nitrogens with zero attached hydrogens (tertiary/aromatic N) is 2. The lowest BCUT2D eigenvalue weighted by atomic mass is 9.97. The van der Waals surface area contributed by atoms with Crippen LogP contribution in [0.15, 0.2) is 0 Å². The first-order valence-corrected chi connectivity index (χ1v) is 7.54. The van der Waals surface area contributed by atoms with Crippen molar-refractivity contribution in [1.82, 2.24) is 15.1 Å². The lowest BCUT2D eigenvalue weighted by Crippen LogP contribution is -2.47. The lowest BCUT2D eigenvalue weighted by Gasteiger charge is -2.36. The molecule has 2 aliphatic heterocycles. The molecule has 2 heterocycles. The van der Waals surface area contributed by atoms with Gasteiger partial charge in [0, 0.05) is 39.3 Å². The molecule has 0 aromatic rings. The molecule has 1 unspecified atom stereocenters. The maximum atomic E-state index is 3.42. The van der Waals surface area contributed by atoms with Gasteiger partial charge in [0.1, 0.15) is 0 Å². The summed E-state index contributed by atoms with van der Waals surface area (Å²) < 4.78 is 0. The number of nitrogens with one attached hydrogen (secondary N) is 1. The summed E-state index contributed by atoms with van der Waals surface area (Å²) in [6.45, 7) is 16.4. The van der Waals surface area contributed by atoms with Gasteiger partial charge in [-0.25, -0.2) is 0 Å². The van der Waals surface area contributed by atoms with Crippen LogP contribution in [0.1, 0.15) is 33.6 Å². The molecule has 0 bridgehead atoms. The summed E-state index contributed by atoms with van der Waals surface area (Å²) in [5.74, 6) is 0.928. The first-order valence-electron chi connectivity index (χ1n) is 7.54. The Kier molecular flexibility index (Phi) is 7.82. The Balaban J connectivity index is 0.000000686. The van der Waals surface area contributed by atoms with E-state index in [9.17, 15) is 0 Å². The number of hydrogen-bond donors (Lipinski definition) is 1. The SMILES string of the molecule is CC.CCN1CCCC(CN2CCNCC2)C1. The number of hydrogen-bond acceptors (Lipinski definition) is 3. The highest BCUT2D eigenvalue weighted by molar-refractivity contribution is 4.77. The Morgan fingerprint density at radius 3 is 2.41 bits per heavy atom. The van der Waals surface area contributed by atoms with Crippen molar-refractivity contribution in [3.05, 3.63) is 0 Å². The minimum Gasteiger partial charge on any atom is -0.314 e. The highest BCUT2D eigenvalue weighted by Gasteiger charge is 2.21. The number of piperidine rings is 1. The Hall–Kier alpha value is -0.120. The van der Waals surface area contributed by atoms with Crippen LogP contribution in [0.5, 0.6) is 0 Å². The maximum absolute atomic E-state index is 3.42. The summed E-state index contributed by atoms with van der Waals surface area (Å²) >= 11 is 0. The highest BCUT2D eigenvalue weighted by Crippen LogP contribution is 2.17. The normalized spacial score (nSPS) is 27.4. The fourth-order valence-corrected chi connectivity index (χ4v) is 2.85. The second kappa shape index (κ2) is 8.90. The summed E-state index contributed by atoms with van der Waals surface area (Å²) in [6.07, 6.45) is 2.85. The minimum absolute atomic E-state index is 0.928. The van der Waals surface area contributed by atoms with Crippen LogP contribution in [0, 0.1) is 5.92 Å². The minimum atomic E-state index is 0.928. The molecule has 0 amide bonds. The molecular formula is C14H31N3. The molecule has 0 aromatic carbocycles. The van der Waals surface area contributed by atoms with Gasteiger partial charge in [0.2, 0.25) is 0 Å². The average molecular weight is 241 g/mol. The first-order chi connectivity index (χ1) is 8.38. The molecule has 3 heteroatoms. The molecule has 1 N–H and O–H groups in total. The molecule has 2 rings (SSSR count). The molecule has 0 radical (unpaired) electrons. The number of piperazine rings is 1. The third kappa shape index (κ3) is 5.36. The van der Waals surface area contributed by atoms with Crippen molar-refractivity contribution in [3.8, 4) is 0 Å². The van der Waals surface area contributed by atoms with Crippen molar-refractivity contribution < 1.29 is 0 Å². The summed E-state index contributed by atoms with van der Waals surface area (Å²) in [7, 11) is 0. The van der Waals surface area contributed by atoms with E-state index in [2.05, 4.69) is 22.0 Å². The van der Waals surface area contributed by atoms with Gasteiger partial charge in [-0.1, -0.05) is 20.8 Å². The van der Waals surface area contributed by atoms with Gasteiger partial charge in [0.25, 0.3) is 0 Å². The van der Waals surface area contributed by atoms with Crippen LogP contribution in [0.25, 0.3) is 0 Å². The zero-order chi connectivity index (χ0) is 12.5. The van der Waals surface area contributed by atoms with E-state index >= 15 is 0 Å². The van der Waals surface area contributed by atoms with E-state index < -0.39 is 0 Å². The topological polar surface area (TPSA) is 18.5 Å². The van der Waals surface area contributed by atoms with Crippen molar-refractivity contribution in [3.63, 3.8) is 0 Å². The van der Waals surface area contributed by atoms with Gasteiger partial charge in [-0.05, 0) is 31.8 Å². The fraction of sp³-hybridized carbons (Fsp3) is 1.00. The maximum Gasteiger partial charge on any atom is 0.0107 e. The van der Waals surface area contributed by atoms with Crippen LogP contribution >= 0.6 is 0 Å². The fourth-order valence-electron chi connectivity index (χ4n) is 2.85. The monoisotopic (exact) mass is 241 g/mol. The van der Waals surface area contributed by atoms with Gasteiger partial charge < -0.3 is 15.1 Å². The molecule has 0 spiro atoms. The van der Waals surface area contributed by atoms with E-state index in [1.54, 1.807) is 0 Å². The number of likely N-dealkylation sites (tertiary alicyclic amines) is 1. The van der Waals surface area contributed by atoms with Gasteiger partial charge in [0.05, 0.1) is 0 Å². The third-order valence-electron chi connectivity index (χ3n) is 3.78. The Morgan fingerprint density at radius 1 is 1.06 bits per heavy atom. The molecule has 0 aliphatic carbocycles. The quantitative estimate of drug-likeness (QED) is 0.810. The van der Waals surface area contributed by atoms with Gasteiger partial charge in [0.15, 0.2) is 0 Å². The standard InChI is InChI=1S/C12H25N3.C2H6/c1-2-14-7-3-4-12(10-14)11-15-8-5-13-6-9-15;1-2/h12-13H,2-11H2,1H3;1-2H3. The predicted octanol–water partition coefficient (Wildman–Crippen LogP) is 1.65. The zero-order valence-corrected chi connectivity index (χ0v) is 12.0. The van der Waals surface area contributed by atoms with Crippen molar-refractivity contribution in [2.75, 3.05) is 52.4 Å². The molecule has 2 fully saturated rings. The van der Waals surface area contributed by atoms with E-state index in [1.165, 1.54) is 65.2 Å². The van der Waals surface area contributed by atoms with E-state index in [-0.39, 0.29) is 0 Å². The van der Waals surface area contributed by atoms with Crippen LogP contribution in [0.2, 0.25) is 0 Å². The van der Waals surface area contributed by atoms with Crippen molar-refractivity contribution in [2.24, 2.45) is 5.92 Å². The Morgan fingerprint density at radius 2 is 1.76 bits per heavy atom. The Labute approximate surface area is 108 Å². The van der Waals surface area contributed by atoms with Crippen LogP contribution in [-0.4, -0.2) is 62.2 Å². The van der Waals surface area contributed by atoms with Crippen LogP contribution < -0.4 is 5.32 Å². The zero-order valence-electron chi connectivity index (χ0n) is 12.0. The first kappa shape index (κ1) is 14.9. The van der Waals surface area contributed by atoms with E-state index in [0.29, 0.717) is 0 Å². The predicted molar refractivity (Wildman–Crippen MR) is 75.5 cm³/mol. The highest BCUT2D eigenvalue weighted by atomic mass is 15.2. The molecule has 2 saturated heterocycles. The number of rotatable bonds is 3. The summed E-state index contributed by atoms with van der Waals surface area (Å²) in [4.78, 5) is 5.25. The molecule has 1 atom stereocenters. The van der Waals surface area contributed by atoms with Crippen molar-refractivity contribution >= 4 is 0 Å². The van der Waals surface area contributed by atoms with E-state index in [1.807, 2.05) is 13.8 Å². The van der Waals surface area contributed by atoms with Gasteiger partial charge in [-0.3, -0.25) is 0 Å². The molecule has 102 valence electrons. The molecule has 0 saturated carbocycles. The van der Waals surface area contributed by atoms with Crippen LogP contribution in [0.3, 0.4) is 0 Å². The largest absolute Gasteiger partial charge is 0.314 e. The van der Waals surface area contributed by atoms with E-state index in [4.69, 9.17) is 0 Å². The van der Waals surface area contributed by atoms with Crippen molar-refractivity contribution in [1.29, 1.82) is 0 Å². The van der Waals surface area contributed by atoms with Gasteiger partial charge in [-0.2, -0.15) is 0 Å². The second-order valence-electron chi connectivity index (χ2n) is 4.95. The smallest absolute Gasteiger partial charge is 0.0107 e. The van der Waals surface area contributed by atoms with Crippen molar-refractivity contribution in [2.45, 2.75) is 33.6 Å². The summed E-state index contributed by atoms with van der Waals surface area (Å²) in [5.41, 5.74) is 0. The third-order valence-corrected chi connectivity index (χ3v) is 3.78. The van der Waals surface area contributed by atoms with Crippen LogP contribution in [0.4, 0.5) is 0 Å². The average Bonchev–Trinajstić information content (AvgIpc) is 2.42. The summed E-state index contributed by atoms with van der Waals surface area (Å²) in [6, 6.07) is 0. The van der Waals surface area contributed by atoms with Gasteiger partial charge >= 0.3 is 0 Å². The molecule has 2 aliphatic rings. The Bertz CT molecular complexity index is 178. The molecular weight excluding hydrogens is 210 g/mol. The van der Waals surface area contributed by atoms with E-state index in [0.717, 1.165) is 5.92 Å².